The van der Waals surface area contributed by atoms with Crippen molar-refractivity contribution in [2.45, 2.75) is 38.0 Å². The lowest BCUT2D eigenvalue weighted by molar-refractivity contribution is 0.0530. The van der Waals surface area contributed by atoms with Crippen LogP contribution in [0.4, 0.5) is 10.1 Å². The third kappa shape index (κ3) is 4.86. The number of hydrogen-bond donors (Lipinski definition) is 2. The molecule has 1 aliphatic heterocycles. The van der Waals surface area contributed by atoms with Gasteiger partial charge in [-0.15, -0.1) is 0 Å². The molecule has 1 heterocycles. The SMILES string of the molecule is CC(C)c1cccc(NC(N)=NCC2(c3cccc(F)c3)CCOCC2)c1. The van der Waals surface area contributed by atoms with Crippen LogP contribution in [0.25, 0.3) is 0 Å². The number of ether oxygens (including phenoxy) is 1. The molecule has 1 aliphatic rings. The third-order valence-corrected chi connectivity index (χ3v) is 5.26. The smallest absolute Gasteiger partial charge is 0.193 e. The van der Waals surface area contributed by atoms with Gasteiger partial charge in [0.25, 0.3) is 0 Å². The van der Waals surface area contributed by atoms with Crippen LogP contribution in [0.2, 0.25) is 0 Å². The fraction of sp³-hybridized carbons (Fsp3) is 0.409. The van der Waals surface area contributed by atoms with Gasteiger partial charge in [0, 0.05) is 24.3 Å². The van der Waals surface area contributed by atoms with Gasteiger partial charge in [-0.3, -0.25) is 4.99 Å². The van der Waals surface area contributed by atoms with E-state index in [9.17, 15) is 4.39 Å². The van der Waals surface area contributed by atoms with E-state index >= 15 is 0 Å². The largest absolute Gasteiger partial charge is 0.381 e. The number of hydrogen-bond acceptors (Lipinski definition) is 2. The van der Waals surface area contributed by atoms with Gasteiger partial charge in [-0.05, 0) is 54.2 Å². The molecule has 0 saturated carbocycles. The normalized spacial score (nSPS) is 17.1. The van der Waals surface area contributed by atoms with Crippen LogP contribution in [0.1, 0.15) is 43.7 Å². The second-order valence-electron chi connectivity index (χ2n) is 7.51. The fourth-order valence-electron chi connectivity index (χ4n) is 3.52. The summed E-state index contributed by atoms with van der Waals surface area (Å²) >= 11 is 0. The Labute approximate surface area is 160 Å². The van der Waals surface area contributed by atoms with Crippen molar-refractivity contribution in [3.05, 3.63) is 65.5 Å². The molecule has 144 valence electrons. The molecule has 0 spiro atoms. The lowest BCUT2D eigenvalue weighted by Crippen LogP contribution is -2.38. The molecule has 4 nitrogen and oxygen atoms in total. The molecule has 5 heteroatoms. The number of halogens is 1. The van der Waals surface area contributed by atoms with Crippen LogP contribution < -0.4 is 11.1 Å². The molecule has 0 aliphatic carbocycles. The number of guanidine groups is 1. The molecule has 0 amide bonds. The Morgan fingerprint density at radius 1 is 1.19 bits per heavy atom. The Morgan fingerprint density at radius 3 is 2.63 bits per heavy atom. The van der Waals surface area contributed by atoms with Gasteiger partial charge in [0.05, 0.1) is 6.54 Å². The summed E-state index contributed by atoms with van der Waals surface area (Å²) in [6.07, 6.45) is 1.60. The van der Waals surface area contributed by atoms with Crippen molar-refractivity contribution in [3.63, 3.8) is 0 Å². The van der Waals surface area contributed by atoms with Crippen molar-refractivity contribution in [1.82, 2.24) is 0 Å². The maximum absolute atomic E-state index is 13.8. The van der Waals surface area contributed by atoms with Crippen molar-refractivity contribution in [2.24, 2.45) is 10.7 Å². The zero-order valence-corrected chi connectivity index (χ0v) is 16.0. The lowest BCUT2D eigenvalue weighted by Gasteiger charge is -2.36. The first kappa shape index (κ1) is 19.4. The predicted octanol–water partition coefficient (Wildman–Crippen LogP) is 4.42. The standard InChI is InChI=1S/C22H28FN3O/c1-16(2)17-5-3-8-20(13-17)26-21(24)25-15-22(9-11-27-12-10-22)18-6-4-7-19(23)14-18/h3-8,13-14,16H,9-12,15H2,1-2H3,(H3,24,25,26). The van der Waals surface area contributed by atoms with Gasteiger partial charge in [0.15, 0.2) is 5.96 Å². The van der Waals surface area contributed by atoms with E-state index in [1.165, 1.54) is 11.6 Å². The monoisotopic (exact) mass is 369 g/mol. The fourth-order valence-corrected chi connectivity index (χ4v) is 3.52. The van der Waals surface area contributed by atoms with Gasteiger partial charge in [0.2, 0.25) is 0 Å². The summed E-state index contributed by atoms with van der Waals surface area (Å²) in [6, 6.07) is 15.0. The Hall–Kier alpha value is -2.40. The Morgan fingerprint density at radius 2 is 1.93 bits per heavy atom. The van der Waals surface area contributed by atoms with E-state index < -0.39 is 0 Å². The molecule has 1 saturated heterocycles. The number of nitrogens with one attached hydrogen (secondary N) is 1. The summed E-state index contributed by atoms with van der Waals surface area (Å²) in [5, 5.41) is 3.18. The van der Waals surface area contributed by atoms with Crippen molar-refractivity contribution >= 4 is 11.6 Å². The summed E-state index contributed by atoms with van der Waals surface area (Å²) in [5.41, 5.74) is 9.04. The van der Waals surface area contributed by atoms with Crippen LogP contribution in [0.15, 0.2) is 53.5 Å². The highest BCUT2D eigenvalue weighted by molar-refractivity contribution is 5.92. The molecule has 0 atom stereocenters. The second-order valence-corrected chi connectivity index (χ2v) is 7.51. The molecule has 0 bridgehead atoms. The molecule has 27 heavy (non-hydrogen) atoms. The van der Waals surface area contributed by atoms with E-state index in [0.29, 0.717) is 31.6 Å². The Balaban J connectivity index is 1.77. The van der Waals surface area contributed by atoms with Crippen LogP contribution >= 0.6 is 0 Å². The first-order valence-corrected chi connectivity index (χ1v) is 9.49. The average molecular weight is 369 g/mol. The van der Waals surface area contributed by atoms with E-state index in [-0.39, 0.29) is 11.2 Å². The maximum Gasteiger partial charge on any atom is 0.193 e. The zero-order chi connectivity index (χ0) is 19.3. The second kappa shape index (κ2) is 8.53. The lowest BCUT2D eigenvalue weighted by atomic mass is 9.74. The number of anilines is 1. The summed E-state index contributed by atoms with van der Waals surface area (Å²) in [5.74, 6) is 0.598. The molecule has 3 N–H and O–H groups in total. The van der Waals surface area contributed by atoms with Gasteiger partial charge in [-0.2, -0.15) is 0 Å². The number of nitrogens with zero attached hydrogens (tertiary/aromatic N) is 1. The van der Waals surface area contributed by atoms with E-state index in [4.69, 9.17) is 10.5 Å². The molecule has 2 aromatic rings. The van der Waals surface area contributed by atoms with E-state index in [1.54, 1.807) is 12.1 Å². The van der Waals surface area contributed by atoms with Crippen molar-refractivity contribution < 1.29 is 9.13 Å². The number of aliphatic imine (C=N–C) groups is 1. The topological polar surface area (TPSA) is 59.6 Å². The first-order valence-electron chi connectivity index (χ1n) is 9.49. The molecule has 0 radical (unpaired) electrons. The Kier molecular flexibility index (Phi) is 6.11. The minimum Gasteiger partial charge on any atom is -0.381 e. The summed E-state index contributed by atoms with van der Waals surface area (Å²) in [7, 11) is 0. The summed E-state index contributed by atoms with van der Waals surface area (Å²) in [4.78, 5) is 4.60. The predicted molar refractivity (Wildman–Crippen MR) is 109 cm³/mol. The highest BCUT2D eigenvalue weighted by atomic mass is 19.1. The molecule has 3 rings (SSSR count). The van der Waals surface area contributed by atoms with E-state index in [0.717, 1.165) is 24.1 Å². The van der Waals surface area contributed by atoms with Crippen molar-refractivity contribution in [2.75, 3.05) is 25.1 Å². The Bertz CT molecular complexity index is 798. The third-order valence-electron chi connectivity index (χ3n) is 5.26. The highest BCUT2D eigenvalue weighted by Gasteiger charge is 2.34. The van der Waals surface area contributed by atoms with Crippen LogP contribution in [0.5, 0.6) is 0 Å². The molecule has 2 aromatic carbocycles. The minimum atomic E-state index is -0.244. The zero-order valence-electron chi connectivity index (χ0n) is 16.0. The highest BCUT2D eigenvalue weighted by Crippen LogP contribution is 2.35. The molecule has 1 fully saturated rings. The quantitative estimate of drug-likeness (QED) is 0.606. The van der Waals surface area contributed by atoms with Gasteiger partial charge in [0.1, 0.15) is 5.82 Å². The van der Waals surface area contributed by atoms with Gasteiger partial charge < -0.3 is 15.8 Å². The van der Waals surface area contributed by atoms with Crippen LogP contribution in [0, 0.1) is 5.82 Å². The van der Waals surface area contributed by atoms with Crippen LogP contribution in [0.3, 0.4) is 0 Å². The van der Waals surface area contributed by atoms with Crippen LogP contribution in [-0.4, -0.2) is 25.7 Å². The number of nitrogens with two attached hydrogens (primary N) is 1. The summed E-state index contributed by atoms with van der Waals surface area (Å²) in [6.45, 7) is 6.11. The number of rotatable bonds is 5. The summed E-state index contributed by atoms with van der Waals surface area (Å²) < 4.78 is 19.3. The molecule has 0 unspecified atom stereocenters. The average Bonchev–Trinajstić information content (AvgIpc) is 2.67. The first-order chi connectivity index (χ1) is 13.0. The molecular weight excluding hydrogens is 341 g/mol. The van der Waals surface area contributed by atoms with Crippen molar-refractivity contribution in [3.8, 4) is 0 Å². The number of benzene rings is 2. The molecule has 0 aromatic heterocycles. The van der Waals surface area contributed by atoms with E-state index in [2.05, 4.69) is 36.3 Å². The minimum absolute atomic E-state index is 0.223. The van der Waals surface area contributed by atoms with Crippen LogP contribution in [-0.2, 0) is 10.2 Å². The van der Waals surface area contributed by atoms with Gasteiger partial charge in [-0.1, -0.05) is 38.1 Å². The molecular formula is C22H28FN3O. The maximum atomic E-state index is 13.8. The van der Waals surface area contributed by atoms with Gasteiger partial charge >= 0.3 is 0 Å². The van der Waals surface area contributed by atoms with Crippen molar-refractivity contribution in [1.29, 1.82) is 0 Å². The van der Waals surface area contributed by atoms with Gasteiger partial charge in [-0.25, -0.2) is 4.39 Å². The van der Waals surface area contributed by atoms with E-state index in [1.807, 2.05) is 18.2 Å².